The highest BCUT2D eigenvalue weighted by molar-refractivity contribution is 7.98. The monoisotopic (exact) mass is 303 g/mol. The molecule has 1 aromatic rings. The van der Waals surface area contributed by atoms with E-state index in [2.05, 4.69) is 5.32 Å². The molecule has 20 heavy (non-hydrogen) atoms. The largest absolute Gasteiger partial charge is 0.416 e. The van der Waals surface area contributed by atoms with Gasteiger partial charge in [0.15, 0.2) is 0 Å². The van der Waals surface area contributed by atoms with Crippen LogP contribution in [0.1, 0.15) is 30.4 Å². The average molecular weight is 303 g/mol. The number of hydrogen-bond acceptors (Lipinski definition) is 2. The lowest BCUT2D eigenvalue weighted by atomic mass is 10.0. The van der Waals surface area contributed by atoms with Gasteiger partial charge in [-0.3, -0.25) is 0 Å². The Morgan fingerprint density at radius 3 is 2.55 bits per heavy atom. The molecule has 112 valence electrons. The molecule has 1 N–H and O–H groups in total. The van der Waals surface area contributed by atoms with Gasteiger partial charge in [0.1, 0.15) is 0 Å². The van der Waals surface area contributed by atoms with Crippen LogP contribution in [0.4, 0.5) is 13.2 Å². The maximum atomic E-state index is 12.4. The summed E-state index contributed by atoms with van der Waals surface area (Å²) in [4.78, 5) is 0. The fourth-order valence-corrected chi connectivity index (χ4v) is 3.60. The third-order valence-corrected chi connectivity index (χ3v) is 4.84. The minimum atomic E-state index is -4.24. The topological polar surface area (TPSA) is 12.0 Å². The number of rotatable bonds is 4. The summed E-state index contributed by atoms with van der Waals surface area (Å²) in [5.74, 6) is 2.63. The quantitative estimate of drug-likeness (QED) is 0.888. The molecule has 0 spiro atoms. The van der Waals surface area contributed by atoms with Crippen molar-refractivity contribution in [2.24, 2.45) is 5.92 Å². The van der Waals surface area contributed by atoms with Crippen molar-refractivity contribution in [3.8, 4) is 0 Å². The normalized spacial score (nSPS) is 20.6. The minimum Gasteiger partial charge on any atom is -0.317 e. The first kappa shape index (κ1) is 15.7. The molecular formula is C15H20F3NS. The first-order chi connectivity index (χ1) is 9.55. The molecule has 1 nitrogen and oxygen atoms in total. The number of nitrogens with one attached hydrogen (secondary N) is 1. The molecule has 1 fully saturated rings. The summed E-state index contributed by atoms with van der Waals surface area (Å²) in [7, 11) is 0. The standard InChI is InChI=1S/C15H20F3NS/c16-15(17,18)14-5-3-13(4-6-14)11-20-10-12-2-1-8-19-9-7-12/h3-6,12,19H,1-2,7-11H2. The Morgan fingerprint density at radius 1 is 1.10 bits per heavy atom. The number of halogens is 3. The second-order valence-corrected chi connectivity index (χ2v) is 6.29. The van der Waals surface area contributed by atoms with Crippen molar-refractivity contribution in [3.63, 3.8) is 0 Å². The van der Waals surface area contributed by atoms with Gasteiger partial charge in [-0.25, -0.2) is 0 Å². The SMILES string of the molecule is FC(F)(F)c1ccc(CSCC2CCCNCC2)cc1. The molecule has 1 aliphatic rings. The molecule has 1 aromatic carbocycles. The van der Waals surface area contributed by atoms with Crippen LogP contribution in [-0.4, -0.2) is 18.8 Å². The van der Waals surface area contributed by atoms with Crippen LogP contribution in [0.5, 0.6) is 0 Å². The Balaban J connectivity index is 1.76. The molecule has 0 aromatic heterocycles. The van der Waals surface area contributed by atoms with E-state index < -0.39 is 11.7 Å². The van der Waals surface area contributed by atoms with Crippen LogP contribution >= 0.6 is 11.8 Å². The van der Waals surface area contributed by atoms with Gasteiger partial charge in [-0.1, -0.05) is 12.1 Å². The lowest BCUT2D eigenvalue weighted by molar-refractivity contribution is -0.137. The number of thioether (sulfide) groups is 1. The van der Waals surface area contributed by atoms with Crippen LogP contribution in [0.15, 0.2) is 24.3 Å². The Morgan fingerprint density at radius 2 is 1.85 bits per heavy atom. The van der Waals surface area contributed by atoms with Crippen LogP contribution in [0.25, 0.3) is 0 Å². The molecular weight excluding hydrogens is 283 g/mol. The predicted molar refractivity (Wildman–Crippen MR) is 77.8 cm³/mol. The fourth-order valence-electron chi connectivity index (χ4n) is 2.39. The number of benzene rings is 1. The summed E-state index contributed by atoms with van der Waals surface area (Å²) >= 11 is 1.83. The third kappa shape index (κ3) is 5.02. The molecule has 0 bridgehead atoms. The lowest BCUT2D eigenvalue weighted by Crippen LogP contribution is -2.14. The molecule has 0 aliphatic carbocycles. The number of hydrogen-bond donors (Lipinski definition) is 1. The van der Waals surface area contributed by atoms with E-state index in [0.717, 1.165) is 36.1 Å². The van der Waals surface area contributed by atoms with Gasteiger partial charge < -0.3 is 5.32 Å². The molecule has 2 rings (SSSR count). The van der Waals surface area contributed by atoms with Gasteiger partial charge in [-0.2, -0.15) is 24.9 Å². The van der Waals surface area contributed by atoms with Crippen molar-refractivity contribution in [2.45, 2.75) is 31.2 Å². The van der Waals surface area contributed by atoms with Crippen molar-refractivity contribution < 1.29 is 13.2 Å². The summed E-state index contributed by atoms with van der Waals surface area (Å²) < 4.78 is 37.3. The minimum absolute atomic E-state index is 0.568. The first-order valence-electron chi connectivity index (χ1n) is 7.00. The highest BCUT2D eigenvalue weighted by atomic mass is 32.2. The van der Waals surface area contributed by atoms with Crippen LogP contribution < -0.4 is 5.32 Å². The summed E-state index contributed by atoms with van der Waals surface area (Å²) in [5.41, 5.74) is 0.399. The number of alkyl halides is 3. The molecule has 1 heterocycles. The Kier molecular flexibility index (Phi) is 5.78. The molecule has 0 saturated carbocycles. The van der Waals surface area contributed by atoms with E-state index in [0.29, 0.717) is 0 Å². The second-order valence-electron chi connectivity index (χ2n) is 5.26. The maximum Gasteiger partial charge on any atom is 0.416 e. The van der Waals surface area contributed by atoms with Gasteiger partial charge in [-0.15, -0.1) is 0 Å². The average Bonchev–Trinajstić information content (AvgIpc) is 2.67. The van der Waals surface area contributed by atoms with Crippen molar-refractivity contribution in [1.82, 2.24) is 5.32 Å². The van der Waals surface area contributed by atoms with E-state index in [1.807, 2.05) is 11.8 Å². The Labute approximate surface area is 122 Å². The Hall–Kier alpha value is -0.680. The van der Waals surface area contributed by atoms with E-state index in [-0.39, 0.29) is 0 Å². The zero-order valence-electron chi connectivity index (χ0n) is 11.4. The van der Waals surface area contributed by atoms with Gasteiger partial charge >= 0.3 is 6.18 Å². The van der Waals surface area contributed by atoms with Crippen LogP contribution in [0.2, 0.25) is 0 Å². The summed E-state index contributed by atoms with van der Waals surface area (Å²) in [6.07, 6.45) is -0.544. The molecule has 1 atom stereocenters. The first-order valence-corrected chi connectivity index (χ1v) is 8.16. The maximum absolute atomic E-state index is 12.4. The van der Waals surface area contributed by atoms with Crippen LogP contribution in [0, 0.1) is 5.92 Å². The van der Waals surface area contributed by atoms with Crippen molar-refractivity contribution in [3.05, 3.63) is 35.4 Å². The summed E-state index contributed by atoms with van der Waals surface area (Å²) in [5, 5.41) is 3.39. The van der Waals surface area contributed by atoms with Crippen molar-refractivity contribution in [1.29, 1.82) is 0 Å². The smallest absolute Gasteiger partial charge is 0.317 e. The van der Waals surface area contributed by atoms with Gasteiger partial charge in [0.05, 0.1) is 5.56 Å². The second kappa shape index (κ2) is 7.36. The van der Waals surface area contributed by atoms with Crippen LogP contribution in [0.3, 0.4) is 0 Å². The predicted octanol–water partition coefficient (Wildman–Crippen LogP) is 4.33. The molecule has 1 aliphatic heterocycles. The zero-order chi connectivity index (χ0) is 14.4. The van der Waals surface area contributed by atoms with Gasteiger partial charge in [0, 0.05) is 5.75 Å². The van der Waals surface area contributed by atoms with Crippen molar-refractivity contribution >= 4 is 11.8 Å². The highest BCUT2D eigenvalue weighted by Crippen LogP contribution is 2.30. The van der Waals surface area contributed by atoms with E-state index in [4.69, 9.17) is 0 Å². The molecule has 5 heteroatoms. The van der Waals surface area contributed by atoms with Gasteiger partial charge in [0.25, 0.3) is 0 Å². The molecule has 1 unspecified atom stereocenters. The highest BCUT2D eigenvalue weighted by Gasteiger charge is 2.29. The van der Waals surface area contributed by atoms with Crippen molar-refractivity contribution in [2.75, 3.05) is 18.8 Å². The van der Waals surface area contributed by atoms with E-state index >= 15 is 0 Å². The van der Waals surface area contributed by atoms with E-state index in [9.17, 15) is 13.2 Å². The van der Waals surface area contributed by atoms with Gasteiger partial charge in [-0.05, 0) is 61.7 Å². The third-order valence-electron chi connectivity index (χ3n) is 3.60. The molecule has 0 amide bonds. The van der Waals surface area contributed by atoms with E-state index in [1.54, 1.807) is 12.1 Å². The lowest BCUT2D eigenvalue weighted by Gasteiger charge is -2.13. The van der Waals surface area contributed by atoms with Gasteiger partial charge in [0.2, 0.25) is 0 Å². The fraction of sp³-hybridized carbons (Fsp3) is 0.600. The molecule has 1 saturated heterocycles. The molecule has 0 radical (unpaired) electrons. The summed E-state index contributed by atoms with van der Waals surface area (Å²) in [6.45, 7) is 2.20. The summed E-state index contributed by atoms with van der Waals surface area (Å²) in [6, 6.07) is 5.52. The zero-order valence-corrected chi connectivity index (χ0v) is 12.2. The van der Waals surface area contributed by atoms with E-state index in [1.165, 1.54) is 31.4 Å². The Bertz CT molecular complexity index is 395. The van der Waals surface area contributed by atoms with Crippen LogP contribution in [-0.2, 0) is 11.9 Å².